The molecule has 3 aromatic carbocycles. The number of likely N-dealkylation sites (N-methyl/N-ethyl adjacent to an activating group) is 1. The second-order valence-corrected chi connectivity index (χ2v) is 11.6. The van der Waals surface area contributed by atoms with Gasteiger partial charge < -0.3 is 24.5 Å². The molecule has 1 unspecified atom stereocenters. The fourth-order valence-electron chi connectivity index (χ4n) is 4.73. The maximum absolute atomic E-state index is 13.8. The number of amides is 2. The maximum Gasteiger partial charge on any atom is 0.408 e. The van der Waals surface area contributed by atoms with E-state index in [1.807, 2.05) is 12.1 Å². The van der Waals surface area contributed by atoms with Crippen LogP contribution >= 0.6 is 11.6 Å². The Morgan fingerprint density at radius 3 is 2.30 bits per heavy atom. The van der Waals surface area contributed by atoms with Crippen LogP contribution in [0, 0.1) is 6.92 Å². The van der Waals surface area contributed by atoms with Crippen molar-refractivity contribution in [2.75, 3.05) is 24.4 Å². The van der Waals surface area contributed by atoms with E-state index in [2.05, 4.69) is 10.3 Å². The number of carbonyl (C=O) groups excluding carboxylic acids is 1. The van der Waals surface area contributed by atoms with Crippen LogP contribution in [0.2, 0.25) is 5.02 Å². The van der Waals surface area contributed by atoms with Gasteiger partial charge in [-0.1, -0.05) is 29.8 Å². The molecule has 2 N–H and O–H groups in total. The number of carbonyl (C=O) groups is 2. The van der Waals surface area contributed by atoms with Crippen LogP contribution in [0.4, 0.5) is 16.5 Å². The molecule has 0 spiro atoms. The first kappa shape index (κ1) is 31.4. The molecular formula is C32H35ClN4O6. The number of ether oxygens (including phenoxy) is 1. The van der Waals surface area contributed by atoms with Gasteiger partial charge in [0.25, 0.3) is 6.01 Å². The van der Waals surface area contributed by atoms with Gasteiger partial charge in [-0.3, -0.25) is 9.69 Å². The number of rotatable bonds is 9. The lowest BCUT2D eigenvalue weighted by Gasteiger charge is -2.33. The van der Waals surface area contributed by atoms with E-state index in [4.69, 9.17) is 20.8 Å². The standard InChI is InChI=1S/C32H35ClN4O6/c1-19-21(18-37(31(40)41)32(2,3)4)9-16-25-27(19)29(39)43-30(34-25)35-26(17-20-7-14-24(42-6)15-8-20)28(38)36(5)23-12-10-22(33)11-13-23/h7-16,26H,17-18H2,1-6H3,(H,34,35)(H,40,41). The van der Waals surface area contributed by atoms with E-state index in [1.54, 1.807) is 90.4 Å². The number of aryl methyl sites for hydroxylation is 1. The Balaban J connectivity index is 1.68. The molecule has 1 atom stereocenters. The van der Waals surface area contributed by atoms with E-state index < -0.39 is 23.3 Å². The van der Waals surface area contributed by atoms with Crippen LogP contribution in [-0.2, 0) is 17.8 Å². The van der Waals surface area contributed by atoms with Gasteiger partial charge in [-0.05, 0) is 86.8 Å². The summed E-state index contributed by atoms with van der Waals surface area (Å²) in [6, 6.07) is 16.7. The monoisotopic (exact) mass is 606 g/mol. The Labute approximate surface area is 254 Å². The number of nitrogens with one attached hydrogen (secondary N) is 1. The van der Waals surface area contributed by atoms with Gasteiger partial charge in [0.15, 0.2) is 0 Å². The molecule has 226 valence electrons. The lowest BCUT2D eigenvalue weighted by molar-refractivity contribution is -0.119. The molecule has 0 aliphatic heterocycles. The van der Waals surface area contributed by atoms with Crippen molar-refractivity contribution in [3.05, 3.63) is 92.8 Å². The van der Waals surface area contributed by atoms with Gasteiger partial charge in [-0.15, -0.1) is 0 Å². The topological polar surface area (TPSA) is 125 Å². The van der Waals surface area contributed by atoms with Gasteiger partial charge in [0.2, 0.25) is 5.91 Å². The Bertz CT molecular complexity index is 1680. The molecule has 0 fully saturated rings. The van der Waals surface area contributed by atoms with Crippen molar-refractivity contribution in [2.45, 2.75) is 52.2 Å². The molecular weight excluding hydrogens is 572 g/mol. The SMILES string of the molecule is COc1ccc(CC(Nc2nc3ccc(CN(C(=O)O)C(C)(C)C)c(C)c3c(=O)o2)C(=O)N(C)c2ccc(Cl)cc2)cc1. The minimum atomic E-state index is -1.06. The molecule has 10 nitrogen and oxygen atoms in total. The lowest BCUT2D eigenvalue weighted by Crippen LogP contribution is -2.44. The molecule has 0 saturated carbocycles. The summed E-state index contributed by atoms with van der Waals surface area (Å²) in [7, 11) is 3.23. The van der Waals surface area contributed by atoms with Crippen LogP contribution in [0.25, 0.3) is 10.9 Å². The molecule has 1 aromatic heterocycles. The smallest absolute Gasteiger partial charge is 0.408 e. The highest BCUT2D eigenvalue weighted by Gasteiger charge is 2.28. The summed E-state index contributed by atoms with van der Waals surface area (Å²) < 4.78 is 10.8. The fourth-order valence-corrected chi connectivity index (χ4v) is 4.86. The third kappa shape index (κ3) is 7.26. The number of nitrogens with zero attached hydrogens (tertiary/aromatic N) is 3. The third-order valence-electron chi connectivity index (χ3n) is 7.28. The highest BCUT2D eigenvalue weighted by Crippen LogP contribution is 2.25. The minimum absolute atomic E-state index is 0.0928. The van der Waals surface area contributed by atoms with Crippen molar-refractivity contribution in [2.24, 2.45) is 0 Å². The van der Waals surface area contributed by atoms with E-state index in [1.165, 1.54) is 9.80 Å². The Kier molecular flexibility index (Phi) is 9.30. The summed E-state index contributed by atoms with van der Waals surface area (Å²) in [5.41, 5.74) is 1.80. The van der Waals surface area contributed by atoms with Gasteiger partial charge >= 0.3 is 11.7 Å². The maximum atomic E-state index is 13.8. The number of fused-ring (bicyclic) bond motifs is 1. The van der Waals surface area contributed by atoms with Crippen molar-refractivity contribution < 1.29 is 23.8 Å². The Morgan fingerprint density at radius 1 is 1.07 bits per heavy atom. The van der Waals surface area contributed by atoms with Crippen molar-refractivity contribution in [1.82, 2.24) is 9.88 Å². The van der Waals surface area contributed by atoms with E-state index in [9.17, 15) is 19.5 Å². The number of carboxylic acid groups (broad SMARTS) is 1. The average molecular weight is 607 g/mol. The van der Waals surface area contributed by atoms with Gasteiger partial charge in [0.1, 0.15) is 11.8 Å². The summed E-state index contributed by atoms with van der Waals surface area (Å²) >= 11 is 6.03. The number of aromatic nitrogens is 1. The van der Waals surface area contributed by atoms with Gasteiger partial charge in [-0.25, -0.2) is 9.59 Å². The van der Waals surface area contributed by atoms with Crippen molar-refractivity contribution in [3.63, 3.8) is 0 Å². The van der Waals surface area contributed by atoms with Crippen LogP contribution in [0.5, 0.6) is 5.75 Å². The zero-order valence-electron chi connectivity index (χ0n) is 25.0. The van der Waals surface area contributed by atoms with E-state index in [0.29, 0.717) is 33.1 Å². The molecule has 43 heavy (non-hydrogen) atoms. The largest absolute Gasteiger partial charge is 0.497 e. The molecule has 0 saturated heterocycles. The first-order valence-electron chi connectivity index (χ1n) is 13.6. The number of hydrogen-bond acceptors (Lipinski definition) is 7. The predicted molar refractivity (Wildman–Crippen MR) is 167 cm³/mol. The lowest BCUT2D eigenvalue weighted by atomic mass is 10.0. The number of anilines is 2. The number of hydrogen-bond donors (Lipinski definition) is 2. The van der Waals surface area contributed by atoms with Gasteiger partial charge in [0.05, 0.1) is 18.0 Å². The minimum Gasteiger partial charge on any atom is -0.497 e. The summed E-state index contributed by atoms with van der Waals surface area (Å²) in [4.78, 5) is 46.2. The van der Waals surface area contributed by atoms with Crippen molar-refractivity contribution in [1.29, 1.82) is 0 Å². The summed E-state index contributed by atoms with van der Waals surface area (Å²) in [5.74, 6) is 0.397. The zero-order valence-corrected chi connectivity index (χ0v) is 25.7. The summed E-state index contributed by atoms with van der Waals surface area (Å²) in [6.45, 7) is 7.25. The second kappa shape index (κ2) is 12.7. The van der Waals surface area contributed by atoms with E-state index in [0.717, 1.165) is 5.56 Å². The van der Waals surface area contributed by atoms with Crippen LogP contribution in [-0.4, -0.2) is 52.7 Å². The quantitative estimate of drug-likeness (QED) is 0.233. The molecule has 11 heteroatoms. The van der Waals surface area contributed by atoms with Crippen LogP contribution in [0.3, 0.4) is 0 Å². The molecule has 0 aliphatic carbocycles. The molecule has 4 rings (SSSR count). The summed E-state index contributed by atoms with van der Waals surface area (Å²) in [6.07, 6.45) is -0.798. The first-order valence-corrected chi connectivity index (χ1v) is 14.0. The van der Waals surface area contributed by atoms with E-state index in [-0.39, 0.29) is 30.3 Å². The molecule has 0 bridgehead atoms. The van der Waals surface area contributed by atoms with E-state index >= 15 is 0 Å². The predicted octanol–water partition coefficient (Wildman–Crippen LogP) is 6.12. The first-order chi connectivity index (χ1) is 20.3. The number of halogens is 1. The van der Waals surface area contributed by atoms with Gasteiger partial charge in [0, 0.05) is 36.3 Å². The molecule has 0 radical (unpaired) electrons. The highest BCUT2D eigenvalue weighted by molar-refractivity contribution is 6.30. The Morgan fingerprint density at radius 2 is 1.72 bits per heavy atom. The number of benzene rings is 3. The highest BCUT2D eigenvalue weighted by atomic mass is 35.5. The van der Waals surface area contributed by atoms with Crippen molar-refractivity contribution in [3.8, 4) is 5.75 Å². The second-order valence-electron chi connectivity index (χ2n) is 11.2. The number of methoxy groups -OCH3 is 1. The molecule has 0 aliphatic rings. The Hall–Kier alpha value is -4.57. The van der Waals surface area contributed by atoms with Crippen molar-refractivity contribution >= 4 is 46.2 Å². The normalized spacial score (nSPS) is 12.1. The van der Waals surface area contributed by atoms with Crippen LogP contribution in [0.15, 0.2) is 69.9 Å². The zero-order chi connectivity index (χ0) is 31.5. The molecule has 4 aromatic rings. The van der Waals surface area contributed by atoms with Crippen LogP contribution in [0.1, 0.15) is 37.5 Å². The molecule has 2 amide bonds. The molecule has 1 heterocycles. The third-order valence-corrected chi connectivity index (χ3v) is 7.53. The van der Waals surface area contributed by atoms with Crippen LogP contribution < -0.4 is 20.6 Å². The fraction of sp³-hybridized carbons (Fsp3) is 0.312. The summed E-state index contributed by atoms with van der Waals surface area (Å²) in [5, 5.41) is 13.6. The van der Waals surface area contributed by atoms with Gasteiger partial charge in [-0.2, -0.15) is 4.98 Å². The average Bonchev–Trinajstić information content (AvgIpc) is 2.95.